The van der Waals surface area contributed by atoms with Crippen LogP contribution in [0, 0.1) is 5.41 Å². The van der Waals surface area contributed by atoms with Gasteiger partial charge in [0.15, 0.2) is 0 Å². The minimum Gasteiger partial charge on any atom is -0.481 e. The number of nitrogens with one attached hydrogen (secondary N) is 2. The number of rotatable bonds is 10. The number of alkyl carbamates (subject to hydrolysis) is 1. The van der Waals surface area contributed by atoms with Gasteiger partial charge in [-0.05, 0) is 46.1 Å². The molecule has 42 heavy (non-hydrogen) atoms. The molecule has 2 unspecified atom stereocenters. The lowest BCUT2D eigenvalue weighted by Crippen LogP contribution is -2.58. The maximum atomic E-state index is 13.4. The van der Waals surface area contributed by atoms with E-state index < -0.39 is 18.1 Å². The predicted molar refractivity (Wildman–Crippen MR) is 161 cm³/mol. The molecule has 0 bridgehead atoms. The van der Waals surface area contributed by atoms with Gasteiger partial charge in [0.05, 0.1) is 0 Å². The minimum absolute atomic E-state index is 0.0291. The average Bonchev–Trinajstić information content (AvgIpc) is 3.29. The summed E-state index contributed by atoms with van der Waals surface area (Å²) in [5.41, 5.74) is 5.46. The monoisotopic (exact) mass is 569 g/mol. The van der Waals surface area contributed by atoms with Gasteiger partial charge in [-0.2, -0.15) is 0 Å². The van der Waals surface area contributed by atoms with Crippen LogP contribution in [-0.4, -0.2) is 59.8 Å². The number of carbonyl (C=O) groups is 3. The van der Waals surface area contributed by atoms with Crippen molar-refractivity contribution in [1.82, 2.24) is 15.5 Å². The van der Waals surface area contributed by atoms with Crippen LogP contribution >= 0.6 is 0 Å². The predicted octanol–water partition coefficient (Wildman–Crippen LogP) is 5.18. The summed E-state index contributed by atoms with van der Waals surface area (Å²) in [7, 11) is 0. The molecule has 0 spiro atoms. The normalized spacial score (nSPS) is 18.4. The number of amides is 2. The van der Waals surface area contributed by atoms with Crippen molar-refractivity contribution in [2.45, 2.75) is 57.7 Å². The Bertz CT molecular complexity index is 1380. The Kier molecular flexibility index (Phi) is 8.92. The van der Waals surface area contributed by atoms with E-state index in [0.29, 0.717) is 0 Å². The molecular formula is C34H39N3O5. The third-order valence-corrected chi connectivity index (χ3v) is 8.47. The van der Waals surface area contributed by atoms with Crippen molar-refractivity contribution >= 4 is 18.0 Å². The van der Waals surface area contributed by atoms with Gasteiger partial charge in [-0.1, -0.05) is 92.7 Å². The first-order chi connectivity index (χ1) is 20.2. The van der Waals surface area contributed by atoms with Gasteiger partial charge < -0.3 is 20.5 Å². The van der Waals surface area contributed by atoms with E-state index in [2.05, 4.69) is 53.6 Å². The molecule has 220 valence electrons. The van der Waals surface area contributed by atoms with Crippen LogP contribution in [0.3, 0.4) is 0 Å². The number of likely N-dealkylation sites (tertiary alicyclic amines) is 1. The zero-order valence-corrected chi connectivity index (χ0v) is 24.2. The number of ether oxygens (including phenoxy) is 1. The minimum atomic E-state index is -1.03. The van der Waals surface area contributed by atoms with Crippen molar-refractivity contribution in [2.75, 3.05) is 19.7 Å². The number of carboxylic acid groups (broad SMARTS) is 1. The van der Waals surface area contributed by atoms with Crippen LogP contribution in [0.15, 0.2) is 78.9 Å². The smallest absolute Gasteiger partial charge is 0.407 e. The molecule has 3 N–H and O–H groups in total. The molecule has 1 aliphatic carbocycles. The quantitative estimate of drug-likeness (QED) is 0.311. The standard InChI is InChI=1S/C34H39N3O5/c1-34(2)22-37(20-23-10-4-3-5-11-23)19-18-30(34)36-32(40)29(16-17-31(38)39)35-33(41)42-21-28-26-14-8-6-12-24(26)25-13-7-9-15-27(25)28/h3-15,28-30H,16-22H2,1-2H3,(H,35,41)(H,36,40)(H,38,39). The Balaban J connectivity index is 1.20. The van der Waals surface area contributed by atoms with E-state index in [1.807, 2.05) is 54.6 Å². The van der Waals surface area contributed by atoms with E-state index in [9.17, 15) is 19.5 Å². The fourth-order valence-corrected chi connectivity index (χ4v) is 6.30. The molecule has 1 heterocycles. The highest BCUT2D eigenvalue weighted by molar-refractivity contribution is 5.86. The molecule has 8 heteroatoms. The number of carbonyl (C=O) groups excluding carboxylic acids is 2. The summed E-state index contributed by atoms with van der Waals surface area (Å²) in [4.78, 5) is 40.1. The Morgan fingerprint density at radius 2 is 1.57 bits per heavy atom. The largest absolute Gasteiger partial charge is 0.481 e. The lowest BCUT2D eigenvalue weighted by Gasteiger charge is -2.45. The van der Waals surface area contributed by atoms with Gasteiger partial charge in [0.2, 0.25) is 5.91 Å². The molecule has 3 aromatic rings. The van der Waals surface area contributed by atoms with Crippen molar-refractivity contribution in [2.24, 2.45) is 5.41 Å². The van der Waals surface area contributed by atoms with Crippen molar-refractivity contribution in [3.05, 3.63) is 95.6 Å². The first kappa shape index (κ1) is 29.3. The fourth-order valence-electron chi connectivity index (χ4n) is 6.30. The summed E-state index contributed by atoms with van der Waals surface area (Å²) in [6, 6.07) is 25.3. The highest BCUT2D eigenvalue weighted by Gasteiger charge is 2.38. The Hall–Kier alpha value is -4.17. The molecule has 3 aromatic carbocycles. The van der Waals surface area contributed by atoms with Crippen molar-refractivity contribution in [3.63, 3.8) is 0 Å². The van der Waals surface area contributed by atoms with Gasteiger partial charge >= 0.3 is 12.1 Å². The lowest BCUT2D eigenvalue weighted by molar-refractivity contribution is -0.137. The number of hydrogen-bond acceptors (Lipinski definition) is 5. The molecule has 1 fully saturated rings. The van der Waals surface area contributed by atoms with Crippen LogP contribution in [0.25, 0.3) is 11.1 Å². The highest BCUT2D eigenvalue weighted by Crippen LogP contribution is 2.44. The van der Waals surface area contributed by atoms with Crippen LogP contribution in [0.2, 0.25) is 0 Å². The molecule has 1 aliphatic heterocycles. The number of carboxylic acids is 1. The van der Waals surface area contributed by atoms with E-state index in [4.69, 9.17) is 4.74 Å². The number of piperidine rings is 1. The van der Waals surface area contributed by atoms with Gasteiger partial charge in [-0.25, -0.2) is 4.79 Å². The third kappa shape index (κ3) is 6.82. The summed E-state index contributed by atoms with van der Waals surface area (Å²) < 4.78 is 5.64. The maximum absolute atomic E-state index is 13.4. The second kappa shape index (κ2) is 12.8. The van der Waals surface area contributed by atoms with Gasteiger partial charge in [-0.3, -0.25) is 14.5 Å². The van der Waals surface area contributed by atoms with E-state index >= 15 is 0 Å². The lowest BCUT2D eigenvalue weighted by atomic mass is 9.78. The molecule has 2 atom stereocenters. The zero-order valence-electron chi connectivity index (χ0n) is 24.2. The van der Waals surface area contributed by atoms with E-state index in [1.54, 1.807) is 0 Å². The molecule has 1 saturated heterocycles. The summed E-state index contributed by atoms with van der Waals surface area (Å²) >= 11 is 0. The van der Waals surface area contributed by atoms with E-state index in [0.717, 1.165) is 48.3 Å². The summed E-state index contributed by atoms with van der Waals surface area (Å²) in [6.45, 7) is 6.82. The van der Waals surface area contributed by atoms with Gasteiger partial charge in [0, 0.05) is 38.0 Å². The number of hydrogen-bond donors (Lipinski definition) is 3. The Labute approximate surface area is 247 Å². The average molecular weight is 570 g/mol. The number of nitrogens with zero attached hydrogens (tertiary/aromatic N) is 1. The third-order valence-electron chi connectivity index (χ3n) is 8.47. The summed E-state index contributed by atoms with van der Waals surface area (Å²) in [5.74, 6) is -1.53. The van der Waals surface area contributed by atoms with Gasteiger partial charge in [0.25, 0.3) is 0 Å². The molecule has 5 rings (SSSR count). The molecule has 0 aromatic heterocycles. The SMILES string of the molecule is CC1(C)CN(Cc2ccccc2)CCC1NC(=O)C(CCC(=O)O)NC(=O)OCC1c2ccccc2-c2ccccc21. The van der Waals surface area contributed by atoms with Crippen molar-refractivity contribution < 1.29 is 24.2 Å². The van der Waals surface area contributed by atoms with Crippen molar-refractivity contribution in [1.29, 1.82) is 0 Å². The van der Waals surface area contributed by atoms with Gasteiger partial charge in [-0.15, -0.1) is 0 Å². The van der Waals surface area contributed by atoms with E-state index in [-0.39, 0.29) is 42.7 Å². The molecule has 2 amide bonds. The molecule has 0 radical (unpaired) electrons. The Morgan fingerprint density at radius 3 is 2.19 bits per heavy atom. The molecular weight excluding hydrogens is 530 g/mol. The number of benzene rings is 3. The van der Waals surface area contributed by atoms with Crippen molar-refractivity contribution in [3.8, 4) is 11.1 Å². The van der Waals surface area contributed by atoms with Crippen LogP contribution in [0.5, 0.6) is 0 Å². The fraction of sp³-hybridized carbons (Fsp3) is 0.382. The zero-order chi connectivity index (χ0) is 29.7. The molecule has 8 nitrogen and oxygen atoms in total. The summed E-state index contributed by atoms with van der Waals surface area (Å²) in [6.07, 6.45) is -0.263. The first-order valence-corrected chi connectivity index (χ1v) is 14.6. The van der Waals surface area contributed by atoms with Gasteiger partial charge in [0.1, 0.15) is 12.6 Å². The molecule has 0 saturated carbocycles. The topological polar surface area (TPSA) is 108 Å². The van der Waals surface area contributed by atoms with Crippen LogP contribution < -0.4 is 10.6 Å². The van der Waals surface area contributed by atoms with Crippen LogP contribution in [-0.2, 0) is 20.9 Å². The number of aliphatic carboxylic acids is 1. The van der Waals surface area contributed by atoms with Crippen LogP contribution in [0.4, 0.5) is 4.79 Å². The molecule has 2 aliphatic rings. The second-order valence-corrected chi connectivity index (χ2v) is 12.0. The van der Waals surface area contributed by atoms with Crippen LogP contribution in [0.1, 0.15) is 55.7 Å². The summed E-state index contributed by atoms with van der Waals surface area (Å²) in [5, 5.41) is 15.1. The van der Waals surface area contributed by atoms with E-state index in [1.165, 1.54) is 5.56 Å². The number of fused-ring (bicyclic) bond motifs is 3. The first-order valence-electron chi connectivity index (χ1n) is 14.6. The Morgan fingerprint density at radius 1 is 0.952 bits per heavy atom. The second-order valence-electron chi connectivity index (χ2n) is 12.0. The highest BCUT2D eigenvalue weighted by atomic mass is 16.5. The maximum Gasteiger partial charge on any atom is 0.407 e.